The van der Waals surface area contributed by atoms with Gasteiger partial charge in [-0.25, -0.2) is 4.79 Å². The van der Waals surface area contributed by atoms with Gasteiger partial charge in [-0.1, -0.05) is 55.8 Å². The molecule has 3 aliphatic carbocycles. The van der Waals surface area contributed by atoms with Crippen LogP contribution in [0.25, 0.3) is 0 Å². The highest BCUT2D eigenvalue weighted by Gasteiger charge is 2.52. The number of hydrogen-bond donors (Lipinski definition) is 3. The quantitative estimate of drug-likeness (QED) is 0.238. The maximum absolute atomic E-state index is 13.3. The van der Waals surface area contributed by atoms with Gasteiger partial charge in [0.25, 0.3) is 0 Å². The maximum Gasteiger partial charge on any atom is 0.399 e. The third kappa shape index (κ3) is 7.30. The van der Waals surface area contributed by atoms with E-state index in [-0.39, 0.29) is 34.9 Å². The number of ether oxygens (including phenoxy) is 1. The standard InChI is InChI=1S/C28H37ClN4O4SSi/c29-22-8-4-7-21(14-22)27(9-10-27)18-37-25(35)33-39(17-19-5-2-1-3-6-19)26(36)32-38-23(16-30)13-20-15-28(11-12-28)31-24(20)34/h4,7-8,14,19-20,23,39H,1-3,5-6,9-13,15,17-18H2,(H,31,34)(H,32,36)(H,33,35)/t20?,23-,39-/m0/s1. The van der Waals surface area contributed by atoms with Crippen molar-refractivity contribution in [2.45, 2.75) is 92.9 Å². The van der Waals surface area contributed by atoms with E-state index in [0.717, 1.165) is 75.3 Å². The molecule has 11 heteroatoms. The Bertz CT molecular complexity index is 1130. The fourth-order valence-electron chi connectivity index (χ4n) is 6.10. The smallest absolute Gasteiger partial charge is 0.399 e. The van der Waals surface area contributed by atoms with Crippen LogP contribution in [0.5, 0.6) is 0 Å². The molecule has 4 aliphatic rings. The van der Waals surface area contributed by atoms with Gasteiger partial charge in [0.15, 0.2) is 0 Å². The number of benzene rings is 1. The van der Waals surface area contributed by atoms with Crippen LogP contribution in [0, 0.1) is 23.2 Å². The molecule has 3 amide bonds. The molecule has 1 unspecified atom stereocenters. The molecule has 1 saturated heterocycles. The minimum atomic E-state index is -2.44. The third-order valence-corrected chi connectivity index (χ3v) is 12.7. The number of amides is 3. The van der Waals surface area contributed by atoms with Crippen molar-refractivity contribution in [2.75, 3.05) is 6.61 Å². The largest absolute Gasteiger partial charge is 0.449 e. The van der Waals surface area contributed by atoms with Gasteiger partial charge in [0.2, 0.25) is 20.4 Å². The SMILES string of the molecule is N#C[C@H](CC1CC2(CC2)NC1=O)SNC(=O)[Si@H](CC1CCCCC1)NC(=O)OCC1(c2cccc(Cl)c2)CC1. The summed E-state index contributed by atoms with van der Waals surface area (Å²) in [5.74, 6) is 0.232. The third-order valence-electron chi connectivity index (χ3n) is 8.87. The summed E-state index contributed by atoms with van der Waals surface area (Å²) in [6.45, 7) is 0.252. The molecule has 0 aromatic heterocycles. The Balaban J connectivity index is 1.15. The lowest BCUT2D eigenvalue weighted by Gasteiger charge is -2.26. The van der Waals surface area contributed by atoms with Gasteiger partial charge >= 0.3 is 6.09 Å². The zero-order valence-electron chi connectivity index (χ0n) is 22.2. The Labute approximate surface area is 241 Å². The van der Waals surface area contributed by atoms with Crippen molar-refractivity contribution in [2.24, 2.45) is 11.8 Å². The van der Waals surface area contributed by atoms with Crippen LogP contribution in [0.3, 0.4) is 0 Å². The first-order chi connectivity index (χ1) is 18.8. The van der Waals surface area contributed by atoms with Gasteiger partial charge in [0.1, 0.15) is 11.9 Å². The Morgan fingerprint density at radius 3 is 2.64 bits per heavy atom. The van der Waals surface area contributed by atoms with E-state index in [0.29, 0.717) is 23.4 Å². The van der Waals surface area contributed by atoms with Crippen LogP contribution in [0.2, 0.25) is 11.1 Å². The highest BCUT2D eigenvalue weighted by Crippen LogP contribution is 2.49. The fraction of sp³-hybridized carbons (Fsp3) is 0.643. The molecule has 1 aromatic rings. The van der Waals surface area contributed by atoms with Gasteiger partial charge in [0.05, 0.1) is 6.07 Å². The van der Waals surface area contributed by atoms with Gasteiger partial charge in [-0.2, -0.15) is 5.26 Å². The Morgan fingerprint density at radius 2 is 2.00 bits per heavy atom. The number of nitrogens with one attached hydrogen (secondary N) is 3. The summed E-state index contributed by atoms with van der Waals surface area (Å²) < 4.78 is 8.54. The number of halogens is 1. The summed E-state index contributed by atoms with van der Waals surface area (Å²) in [7, 11) is -2.44. The van der Waals surface area contributed by atoms with Gasteiger partial charge in [0, 0.05) is 21.9 Å². The molecular formula is C28H37ClN4O4SSi. The highest BCUT2D eigenvalue weighted by atomic mass is 35.5. The lowest BCUT2D eigenvalue weighted by Crippen LogP contribution is -2.50. The van der Waals surface area contributed by atoms with Crippen molar-refractivity contribution in [1.29, 1.82) is 5.26 Å². The molecule has 1 spiro atoms. The first kappa shape index (κ1) is 28.3. The van der Waals surface area contributed by atoms with Gasteiger partial charge in [-0.15, -0.1) is 0 Å². The first-order valence-electron chi connectivity index (χ1n) is 14.2. The molecule has 4 fully saturated rings. The van der Waals surface area contributed by atoms with Gasteiger partial charge < -0.3 is 19.8 Å². The van der Waals surface area contributed by atoms with Crippen LogP contribution in [0.1, 0.15) is 76.2 Å². The second-order valence-electron chi connectivity index (χ2n) is 11.9. The van der Waals surface area contributed by atoms with E-state index in [1.54, 1.807) is 0 Å². The van der Waals surface area contributed by atoms with Crippen LogP contribution in [-0.4, -0.2) is 43.9 Å². The van der Waals surface area contributed by atoms with E-state index in [9.17, 15) is 19.6 Å². The van der Waals surface area contributed by atoms with Gasteiger partial charge in [-0.3, -0.25) is 9.59 Å². The monoisotopic (exact) mass is 588 g/mol. The summed E-state index contributed by atoms with van der Waals surface area (Å²) in [6, 6.07) is 10.6. The van der Waals surface area contributed by atoms with Crippen LogP contribution >= 0.6 is 23.5 Å². The van der Waals surface area contributed by atoms with E-state index >= 15 is 0 Å². The molecular weight excluding hydrogens is 552 g/mol. The predicted molar refractivity (Wildman–Crippen MR) is 154 cm³/mol. The number of carbonyl (C=O) groups is 3. The van der Waals surface area contributed by atoms with E-state index < -0.39 is 20.3 Å². The van der Waals surface area contributed by atoms with Crippen molar-refractivity contribution < 1.29 is 19.1 Å². The minimum absolute atomic E-state index is 0.0137. The molecule has 0 radical (unpaired) electrons. The van der Waals surface area contributed by atoms with E-state index in [1.807, 2.05) is 24.3 Å². The Hall–Kier alpha value is -2.22. The van der Waals surface area contributed by atoms with Crippen molar-refractivity contribution >= 4 is 50.0 Å². The summed E-state index contributed by atoms with van der Waals surface area (Å²) in [5, 5.41) is 12.9. The summed E-state index contributed by atoms with van der Waals surface area (Å²) in [5.41, 5.74) is 0.628. The lowest BCUT2D eigenvalue weighted by atomic mass is 9.91. The van der Waals surface area contributed by atoms with Crippen LogP contribution in [0.4, 0.5) is 9.59 Å². The number of rotatable bonds is 11. The topological polar surface area (TPSA) is 120 Å². The van der Waals surface area contributed by atoms with Crippen molar-refractivity contribution in [3.63, 3.8) is 0 Å². The van der Waals surface area contributed by atoms with E-state index in [4.69, 9.17) is 16.3 Å². The van der Waals surface area contributed by atoms with Gasteiger partial charge in [-0.05, 0) is 80.1 Å². The zero-order chi connectivity index (χ0) is 27.5. The second-order valence-corrected chi connectivity index (χ2v) is 15.7. The second kappa shape index (κ2) is 12.1. The molecule has 210 valence electrons. The molecule has 3 saturated carbocycles. The molecule has 5 rings (SSSR count). The van der Waals surface area contributed by atoms with Crippen molar-refractivity contribution in [3.8, 4) is 6.07 Å². The maximum atomic E-state index is 13.3. The molecule has 39 heavy (non-hydrogen) atoms. The molecule has 3 N–H and O–H groups in total. The average Bonchev–Trinajstić information content (AvgIpc) is 3.85. The lowest BCUT2D eigenvalue weighted by molar-refractivity contribution is -0.122. The molecule has 0 bridgehead atoms. The number of carbonyl (C=O) groups excluding carboxylic acids is 3. The Kier molecular flexibility index (Phi) is 8.79. The summed E-state index contributed by atoms with van der Waals surface area (Å²) in [4.78, 5) is 41.5. The Morgan fingerprint density at radius 1 is 1.23 bits per heavy atom. The molecule has 1 aromatic carbocycles. The first-order valence-corrected chi connectivity index (χ1v) is 17.4. The molecule has 1 aliphatic heterocycles. The average molecular weight is 589 g/mol. The van der Waals surface area contributed by atoms with Crippen LogP contribution < -0.4 is 15.0 Å². The fourth-order valence-corrected chi connectivity index (χ4v) is 9.67. The normalized spacial score (nSPS) is 24.2. The van der Waals surface area contributed by atoms with Crippen molar-refractivity contribution in [1.82, 2.24) is 15.0 Å². The van der Waals surface area contributed by atoms with Crippen LogP contribution in [0.15, 0.2) is 24.3 Å². The highest BCUT2D eigenvalue weighted by molar-refractivity contribution is 7.98. The zero-order valence-corrected chi connectivity index (χ0v) is 24.9. The summed E-state index contributed by atoms with van der Waals surface area (Å²) >= 11 is 7.24. The van der Waals surface area contributed by atoms with Crippen LogP contribution in [-0.2, 0) is 14.9 Å². The van der Waals surface area contributed by atoms with E-state index in [2.05, 4.69) is 21.1 Å². The number of nitriles is 1. The minimum Gasteiger partial charge on any atom is -0.449 e. The van der Waals surface area contributed by atoms with E-state index in [1.165, 1.54) is 6.42 Å². The molecule has 3 atom stereocenters. The molecule has 8 nitrogen and oxygen atoms in total. The number of hydrogen-bond acceptors (Lipinski definition) is 6. The predicted octanol–water partition coefficient (Wildman–Crippen LogP) is 5.29. The number of nitrogens with zero attached hydrogens (tertiary/aromatic N) is 1. The molecule has 1 heterocycles. The summed E-state index contributed by atoms with van der Waals surface area (Å²) in [6.07, 6.45) is 10.1. The van der Waals surface area contributed by atoms with Crippen molar-refractivity contribution in [3.05, 3.63) is 34.9 Å².